The van der Waals surface area contributed by atoms with Gasteiger partial charge in [-0.2, -0.15) is 0 Å². The van der Waals surface area contributed by atoms with Crippen molar-refractivity contribution < 1.29 is 4.74 Å². The summed E-state index contributed by atoms with van der Waals surface area (Å²) < 4.78 is 7.55. The summed E-state index contributed by atoms with van der Waals surface area (Å²) in [4.78, 5) is 0. The van der Waals surface area contributed by atoms with Crippen molar-refractivity contribution in [2.75, 3.05) is 26.7 Å². The Morgan fingerprint density at radius 2 is 2.24 bits per heavy atom. The third-order valence-electron chi connectivity index (χ3n) is 2.83. The number of rotatable bonds is 4. The Morgan fingerprint density at radius 1 is 1.47 bits per heavy atom. The van der Waals surface area contributed by atoms with E-state index in [1.807, 2.05) is 12.1 Å². The monoisotopic (exact) mass is 286 g/mol. The van der Waals surface area contributed by atoms with Gasteiger partial charge >= 0.3 is 0 Å². The highest BCUT2D eigenvalue weighted by molar-refractivity contribution is 8.56. The van der Waals surface area contributed by atoms with Crippen molar-refractivity contribution in [1.29, 1.82) is 0 Å². The number of ether oxygens (including phenoxy) is 1. The molecule has 1 atom stereocenters. The van der Waals surface area contributed by atoms with Gasteiger partial charge in [-0.15, -0.1) is 0 Å². The zero-order valence-electron chi connectivity index (χ0n) is 9.63. The first-order chi connectivity index (χ1) is 8.35. The molecule has 1 aromatic rings. The van der Waals surface area contributed by atoms with Crippen LogP contribution in [0.4, 0.5) is 0 Å². The first-order valence-corrected chi connectivity index (χ1v) is 8.75. The summed E-state index contributed by atoms with van der Waals surface area (Å²) in [7, 11) is 1.69. The zero-order valence-corrected chi connectivity index (χ0v) is 12.2. The van der Waals surface area contributed by atoms with Gasteiger partial charge in [-0.1, -0.05) is 12.1 Å². The van der Waals surface area contributed by atoms with E-state index in [1.165, 1.54) is 5.56 Å². The van der Waals surface area contributed by atoms with Gasteiger partial charge in [-0.05, 0) is 41.1 Å². The van der Waals surface area contributed by atoms with E-state index < -0.39 is 0 Å². The lowest BCUT2D eigenvalue weighted by Gasteiger charge is -2.34. The number of piperazine rings is 1. The SMILES string of the molecule is COc1ccc(C2CNCCN2SP=S)cc1. The first-order valence-electron chi connectivity index (χ1n) is 5.46. The summed E-state index contributed by atoms with van der Waals surface area (Å²) in [6.07, 6.45) is 0. The van der Waals surface area contributed by atoms with E-state index in [2.05, 4.69) is 21.8 Å². The van der Waals surface area contributed by atoms with Crippen molar-refractivity contribution in [2.45, 2.75) is 6.04 Å². The predicted octanol–water partition coefficient (Wildman–Crippen LogP) is 2.61. The average Bonchev–Trinajstić information content (AvgIpc) is 2.40. The topological polar surface area (TPSA) is 24.5 Å². The van der Waals surface area contributed by atoms with Crippen LogP contribution in [0.1, 0.15) is 11.6 Å². The highest BCUT2D eigenvalue weighted by atomic mass is 32.9. The van der Waals surface area contributed by atoms with Crippen LogP contribution in [0.3, 0.4) is 0 Å². The maximum Gasteiger partial charge on any atom is 0.118 e. The molecule has 92 valence electrons. The normalized spacial score (nSPS) is 21.6. The molecule has 1 aliphatic rings. The number of benzene rings is 1. The van der Waals surface area contributed by atoms with Gasteiger partial charge < -0.3 is 10.1 Å². The van der Waals surface area contributed by atoms with Crippen LogP contribution in [0, 0.1) is 0 Å². The minimum absolute atomic E-state index is 0.398. The van der Waals surface area contributed by atoms with Crippen LogP contribution in [0.2, 0.25) is 0 Å². The number of nitrogens with one attached hydrogen (secondary N) is 1. The van der Waals surface area contributed by atoms with Crippen molar-refractivity contribution in [2.24, 2.45) is 0 Å². The van der Waals surface area contributed by atoms with Crippen molar-refractivity contribution in [3.05, 3.63) is 29.8 Å². The third kappa shape index (κ3) is 3.39. The summed E-state index contributed by atoms with van der Waals surface area (Å²) in [5.41, 5.74) is 1.31. The predicted molar refractivity (Wildman–Crippen MR) is 77.2 cm³/mol. The number of methoxy groups -OCH3 is 1. The number of hydrogen-bond donors (Lipinski definition) is 1. The van der Waals surface area contributed by atoms with Gasteiger partial charge in [0.25, 0.3) is 0 Å². The zero-order chi connectivity index (χ0) is 12.1. The van der Waals surface area contributed by atoms with E-state index in [0.717, 1.165) is 31.9 Å². The van der Waals surface area contributed by atoms with Crippen LogP contribution in [0.15, 0.2) is 24.3 Å². The smallest absolute Gasteiger partial charge is 0.118 e. The molecule has 0 saturated carbocycles. The molecule has 3 nitrogen and oxygen atoms in total. The van der Waals surface area contributed by atoms with Gasteiger partial charge in [0.15, 0.2) is 0 Å². The maximum absolute atomic E-state index is 5.18. The van der Waals surface area contributed by atoms with E-state index in [0.29, 0.717) is 6.04 Å². The molecular formula is C11H15N2OPS2. The molecule has 1 aliphatic heterocycles. The summed E-state index contributed by atoms with van der Waals surface area (Å²) in [5, 5.41) is 3.43. The van der Waals surface area contributed by atoms with Gasteiger partial charge in [0.2, 0.25) is 0 Å². The molecule has 0 spiro atoms. The van der Waals surface area contributed by atoms with Crippen molar-refractivity contribution >= 4 is 29.9 Å². The lowest BCUT2D eigenvalue weighted by molar-refractivity contribution is 0.298. The van der Waals surface area contributed by atoms with Crippen LogP contribution >= 0.6 is 18.1 Å². The van der Waals surface area contributed by atoms with E-state index in [-0.39, 0.29) is 0 Å². The molecule has 2 rings (SSSR count). The molecule has 0 aromatic heterocycles. The van der Waals surface area contributed by atoms with Crippen LogP contribution in [-0.2, 0) is 11.8 Å². The Bertz CT molecular complexity index is 374. The van der Waals surface area contributed by atoms with Crippen LogP contribution in [-0.4, -0.2) is 31.0 Å². The molecule has 1 aromatic carbocycles. The highest BCUT2D eigenvalue weighted by Gasteiger charge is 2.23. The molecule has 1 unspecified atom stereocenters. The summed E-state index contributed by atoms with van der Waals surface area (Å²) >= 11 is 6.74. The van der Waals surface area contributed by atoms with Crippen molar-refractivity contribution in [1.82, 2.24) is 9.62 Å². The van der Waals surface area contributed by atoms with E-state index in [4.69, 9.17) is 16.5 Å². The van der Waals surface area contributed by atoms with Crippen LogP contribution < -0.4 is 10.1 Å². The van der Waals surface area contributed by atoms with Crippen molar-refractivity contribution in [3.63, 3.8) is 0 Å². The molecule has 1 fully saturated rings. The Kier molecular flexibility index (Phi) is 5.19. The number of hydrogen-bond acceptors (Lipinski definition) is 5. The molecular weight excluding hydrogens is 271 g/mol. The summed E-state index contributed by atoms with van der Waals surface area (Å²) in [6, 6.07) is 8.68. The van der Waals surface area contributed by atoms with E-state index >= 15 is 0 Å². The first kappa shape index (κ1) is 13.2. The molecule has 0 radical (unpaired) electrons. The standard InChI is InChI=1S/C11H15N2OPS2/c1-14-10-4-2-9(3-5-10)11-8-12-6-7-13(11)17-15-16/h2-5,11-12H,6-8H2,1H3. The minimum atomic E-state index is 0.398. The fourth-order valence-corrected chi connectivity index (χ4v) is 4.12. The fraction of sp³-hybridized carbons (Fsp3) is 0.455. The quantitative estimate of drug-likeness (QED) is 0.677. The molecule has 1 heterocycles. The Labute approximate surface area is 113 Å². The van der Waals surface area contributed by atoms with Gasteiger partial charge in [-0.3, -0.25) is 0 Å². The van der Waals surface area contributed by atoms with Gasteiger partial charge in [0.1, 0.15) is 5.75 Å². The Morgan fingerprint density at radius 3 is 2.88 bits per heavy atom. The molecule has 0 bridgehead atoms. The second kappa shape index (κ2) is 6.66. The van der Waals surface area contributed by atoms with Crippen molar-refractivity contribution in [3.8, 4) is 5.75 Å². The van der Waals surface area contributed by atoms with E-state index in [1.54, 1.807) is 18.7 Å². The molecule has 1 N–H and O–H groups in total. The lowest BCUT2D eigenvalue weighted by Crippen LogP contribution is -2.42. The largest absolute Gasteiger partial charge is 0.497 e. The van der Waals surface area contributed by atoms with Gasteiger partial charge in [0.05, 0.1) is 19.7 Å². The van der Waals surface area contributed by atoms with E-state index in [9.17, 15) is 0 Å². The summed E-state index contributed by atoms with van der Waals surface area (Å²) in [6.45, 7) is 3.98. The Balaban J connectivity index is 2.14. The van der Waals surface area contributed by atoms with Crippen LogP contribution in [0.5, 0.6) is 5.75 Å². The third-order valence-corrected chi connectivity index (χ3v) is 4.98. The average molecular weight is 286 g/mol. The molecule has 1 saturated heterocycles. The molecule has 0 aliphatic carbocycles. The lowest BCUT2D eigenvalue weighted by atomic mass is 10.1. The maximum atomic E-state index is 5.18. The summed E-state index contributed by atoms with van der Waals surface area (Å²) in [5.74, 6) is 0.901. The molecule has 0 amide bonds. The van der Waals surface area contributed by atoms with Gasteiger partial charge in [0, 0.05) is 19.6 Å². The fourth-order valence-electron chi connectivity index (χ4n) is 1.94. The molecule has 17 heavy (non-hydrogen) atoms. The van der Waals surface area contributed by atoms with Crippen LogP contribution in [0.25, 0.3) is 0 Å². The second-order valence-electron chi connectivity index (χ2n) is 3.79. The molecule has 6 heteroatoms. The number of nitrogens with zero attached hydrogens (tertiary/aromatic N) is 1. The second-order valence-corrected chi connectivity index (χ2v) is 6.85. The minimum Gasteiger partial charge on any atom is -0.497 e. The highest BCUT2D eigenvalue weighted by Crippen LogP contribution is 2.34. The Hall–Kier alpha value is -0.190. The van der Waals surface area contributed by atoms with Gasteiger partial charge in [-0.25, -0.2) is 4.31 Å².